The van der Waals surface area contributed by atoms with E-state index in [0.717, 1.165) is 28.8 Å². The van der Waals surface area contributed by atoms with Gasteiger partial charge in [-0.3, -0.25) is 4.79 Å². The summed E-state index contributed by atoms with van der Waals surface area (Å²) < 4.78 is 63.1. The third-order valence-corrected chi connectivity index (χ3v) is 6.67. The van der Waals surface area contributed by atoms with E-state index < -0.39 is 23.5 Å². The molecule has 4 aromatic carbocycles. The minimum atomic E-state index is -4.44. The molecule has 0 radical (unpaired) electrons. The molecule has 40 heavy (non-hydrogen) atoms. The lowest BCUT2D eigenvalue weighted by molar-refractivity contribution is -0.137. The van der Waals surface area contributed by atoms with E-state index in [2.05, 4.69) is 5.32 Å². The number of halogens is 5. The quantitative estimate of drug-likeness (QED) is 0.208. The Morgan fingerprint density at radius 3 is 2.00 bits per heavy atom. The third-order valence-electron chi connectivity index (χ3n) is 6.38. The fourth-order valence-corrected chi connectivity index (χ4v) is 4.51. The van der Waals surface area contributed by atoms with E-state index in [-0.39, 0.29) is 23.2 Å². The normalized spacial score (nSPS) is 12.2. The second-order valence-electron chi connectivity index (χ2n) is 9.15. The van der Waals surface area contributed by atoms with Crippen LogP contribution in [0, 0.1) is 5.82 Å². The summed E-state index contributed by atoms with van der Waals surface area (Å²) in [5.41, 5.74) is 3.16. The Morgan fingerprint density at radius 1 is 0.850 bits per heavy atom. The number of benzene rings is 4. The standard InChI is InChI=1S/C31H26ClF4NO3/c1-39-18-25(15-19-3-5-20(6-4-19)23-9-13-28(33)27(32)17-23)37-30(38)26-16-22(10-14-29(26)40-2)21-7-11-24(12-8-21)31(34,35)36/h3-14,16-17,25H,15,18H2,1-2H3,(H,37,38)/t25-/m1/s1. The van der Waals surface area contributed by atoms with Crippen molar-refractivity contribution in [3.05, 3.63) is 112 Å². The van der Waals surface area contributed by atoms with Gasteiger partial charge in [0.05, 0.1) is 35.9 Å². The Balaban J connectivity index is 1.51. The number of rotatable bonds is 9. The molecule has 208 valence electrons. The summed E-state index contributed by atoms with van der Waals surface area (Å²) >= 11 is 5.91. The van der Waals surface area contributed by atoms with Gasteiger partial charge in [-0.2, -0.15) is 13.2 Å². The molecule has 4 aromatic rings. The van der Waals surface area contributed by atoms with Crippen molar-refractivity contribution in [1.29, 1.82) is 0 Å². The molecule has 0 aliphatic carbocycles. The molecule has 0 bridgehead atoms. The third kappa shape index (κ3) is 7.00. The number of hydrogen-bond acceptors (Lipinski definition) is 3. The maximum absolute atomic E-state index is 13.5. The molecule has 0 aliphatic heterocycles. The fraction of sp³-hybridized carbons (Fsp3) is 0.194. The van der Waals surface area contributed by atoms with Gasteiger partial charge >= 0.3 is 6.18 Å². The molecule has 0 spiro atoms. The van der Waals surface area contributed by atoms with Gasteiger partial charge in [0, 0.05) is 7.11 Å². The van der Waals surface area contributed by atoms with Crippen LogP contribution in [0.15, 0.2) is 84.9 Å². The number of amides is 1. The van der Waals surface area contributed by atoms with Crippen LogP contribution in [0.5, 0.6) is 5.75 Å². The molecule has 4 rings (SSSR count). The van der Waals surface area contributed by atoms with Gasteiger partial charge < -0.3 is 14.8 Å². The number of carbonyl (C=O) groups is 1. The van der Waals surface area contributed by atoms with E-state index in [1.807, 2.05) is 24.3 Å². The van der Waals surface area contributed by atoms with E-state index in [0.29, 0.717) is 23.3 Å². The number of ether oxygens (including phenoxy) is 2. The zero-order chi connectivity index (χ0) is 28.9. The van der Waals surface area contributed by atoms with Gasteiger partial charge in [0.15, 0.2) is 0 Å². The van der Waals surface area contributed by atoms with Gasteiger partial charge in [-0.25, -0.2) is 4.39 Å². The molecule has 0 unspecified atom stereocenters. The molecule has 0 aromatic heterocycles. The van der Waals surface area contributed by atoms with E-state index >= 15 is 0 Å². The van der Waals surface area contributed by atoms with Crippen molar-refractivity contribution in [2.75, 3.05) is 20.8 Å². The molecule has 4 nitrogen and oxygen atoms in total. The van der Waals surface area contributed by atoms with Crippen molar-refractivity contribution in [1.82, 2.24) is 5.32 Å². The lowest BCUT2D eigenvalue weighted by Crippen LogP contribution is -2.39. The first-order valence-corrected chi connectivity index (χ1v) is 12.7. The summed E-state index contributed by atoms with van der Waals surface area (Å²) in [4.78, 5) is 13.3. The highest BCUT2D eigenvalue weighted by Crippen LogP contribution is 2.32. The van der Waals surface area contributed by atoms with Gasteiger partial charge in [-0.15, -0.1) is 0 Å². The minimum Gasteiger partial charge on any atom is -0.496 e. The second kappa shape index (κ2) is 12.5. The lowest BCUT2D eigenvalue weighted by Gasteiger charge is -2.20. The van der Waals surface area contributed by atoms with Crippen LogP contribution in [0.1, 0.15) is 21.5 Å². The second-order valence-corrected chi connectivity index (χ2v) is 9.55. The lowest BCUT2D eigenvalue weighted by atomic mass is 9.99. The molecule has 0 aliphatic rings. The smallest absolute Gasteiger partial charge is 0.416 e. The molecule has 1 atom stereocenters. The Kier molecular flexibility index (Phi) is 9.12. The van der Waals surface area contributed by atoms with E-state index in [9.17, 15) is 22.4 Å². The Morgan fingerprint density at radius 2 is 1.43 bits per heavy atom. The van der Waals surface area contributed by atoms with Crippen LogP contribution in [-0.2, 0) is 17.3 Å². The van der Waals surface area contributed by atoms with Crippen molar-refractivity contribution in [3.63, 3.8) is 0 Å². The number of methoxy groups -OCH3 is 2. The predicted octanol–water partition coefficient (Wildman–Crippen LogP) is 7.83. The number of hydrogen-bond donors (Lipinski definition) is 1. The summed E-state index contributed by atoms with van der Waals surface area (Å²) in [5.74, 6) is -0.571. The first-order valence-electron chi connectivity index (χ1n) is 12.3. The number of alkyl halides is 3. The Hall–Kier alpha value is -3.88. The van der Waals surface area contributed by atoms with Gasteiger partial charge in [0.25, 0.3) is 5.91 Å². The van der Waals surface area contributed by atoms with E-state index in [4.69, 9.17) is 21.1 Å². The van der Waals surface area contributed by atoms with Gasteiger partial charge in [0.1, 0.15) is 11.6 Å². The highest BCUT2D eigenvalue weighted by molar-refractivity contribution is 6.31. The maximum atomic E-state index is 13.5. The molecule has 0 fully saturated rings. The van der Waals surface area contributed by atoms with Crippen molar-refractivity contribution in [2.45, 2.75) is 18.6 Å². The fourth-order valence-electron chi connectivity index (χ4n) is 4.33. The Bertz CT molecular complexity index is 1470. The molecule has 1 N–H and O–H groups in total. The average Bonchev–Trinajstić information content (AvgIpc) is 2.94. The summed E-state index contributed by atoms with van der Waals surface area (Å²) in [7, 11) is 2.97. The number of nitrogens with one attached hydrogen (secondary N) is 1. The topological polar surface area (TPSA) is 47.6 Å². The summed E-state index contributed by atoms with van der Waals surface area (Å²) in [5, 5.41) is 3.02. The largest absolute Gasteiger partial charge is 0.496 e. The highest BCUT2D eigenvalue weighted by Gasteiger charge is 2.30. The van der Waals surface area contributed by atoms with Crippen LogP contribution in [-0.4, -0.2) is 32.8 Å². The molecule has 0 heterocycles. The van der Waals surface area contributed by atoms with Crippen molar-refractivity contribution in [2.24, 2.45) is 0 Å². The van der Waals surface area contributed by atoms with E-state index in [1.54, 1.807) is 30.3 Å². The highest BCUT2D eigenvalue weighted by atomic mass is 35.5. The molecule has 1 amide bonds. The molecular weight excluding hydrogens is 546 g/mol. The van der Waals surface area contributed by atoms with Gasteiger partial charge in [-0.1, -0.05) is 60.1 Å². The monoisotopic (exact) mass is 571 g/mol. The first kappa shape index (κ1) is 29.1. The van der Waals surface area contributed by atoms with Crippen molar-refractivity contribution >= 4 is 17.5 Å². The van der Waals surface area contributed by atoms with Gasteiger partial charge in [0.2, 0.25) is 0 Å². The predicted molar refractivity (Wildman–Crippen MR) is 147 cm³/mol. The van der Waals surface area contributed by atoms with Crippen molar-refractivity contribution in [3.8, 4) is 28.0 Å². The van der Waals surface area contributed by atoms with Crippen molar-refractivity contribution < 1.29 is 31.8 Å². The molecule has 0 saturated heterocycles. The van der Waals surface area contributed by atoms with Crippen LogP contribution in [0.2, 0.25) is 5.02 Å². The molecule has 0 saturated carbocycles. The zero-order valence-corrected chi connectivity index (χ0v) is 22.4. The van der Waals surface area contributed by atoms with E-state index in [1.165, 1.54) is 32.4 Å². The Labute approximate surface area is 234 Å². The summed E-state index contributed by atoms with van der Waals surface area (Å²) in [6, 6.07) is 21.4. The van der Waals surface area contributed by atoms with Gasteiger partial charge in [-0.05, 0) is 70.6 Å². The molecular formula is C31H26ClF4NO3. The van der Waals surface area contributed by atoms with Crippen LogP contribution in [0.4, 0.5) is 17.6 Å². The number of carbonyl (C=O) groups excluding carboxylic acids is 1. The summed E-state index contributed by atoms with van der Waals surface area (Å²) in [6.45, 7) is 0.238. The van der Waals surface area contributed by atoms with Crippen LogP contribution in [0.25, 0.3) is 22.3 Å². The molecule has 9 heteroatoms. The van der Waals surface area contributed by atoms with Crippen LogP contribution >= 0.6 is 11.6 Å². The average molecular weight is 572 g/mol. The first-order chi connectivity index (χ1) is 19.1. The summed E-state index contributed by atoms with van der Waals surface area (Å²) in [6.07, 6.45) is -3.97. The minimum absolute atomic E-state index is 0.0438. The maximum Gasteiger partial charge on any atom is 0.416 e. The van der Waals surface area contributed by atoms with Crippen LogP contribution < -0.4 is 10.1 Å². The SMILES string of the molecule is COC[C@@H](Cc1ccc(-c2ccc(F)c(Cl)c2)cc1)NC(=O)c1cc(-c2ccc(C(F)(F)F)cc2)ccc1OC. The van der Waals surface area contributed by atoms with Crippen LogP contribution in [0.3, 0.4) is 0 Å². The zero-order valence-electron chi connectivity index (χ0n) is 21.7.